The fraction of sp³-hybridized carbons (Fsp3) is 0.409. The molecule has 0 unspecified atom stereocenters. The van der Waals surface area contributed by atoms with Gasteiger partial charge in [-0.15, -0.1) is 0 Å². The van der Waals surface area contributed by atoms with Crippen LogP contribution in [0.4, 0.5) is 0 Å². The highest BCUT2D eigenvalue weighted by molar-refractivity contribution is 7.89. The van der Waals surface area contributed by atoms with E-state index in [1.165, 1.54) is 28.1 Å². The standard InChI is InChI=1S/C22H27ClN2O3S/c1-3-17-7-9-18(10-8-17)16(2)24-22(26)20-15-19(11-12-21(20)23)29(27,28)25-13-5-4-6-14-25/h7-12,15-16H,3-6,13-14H2,1-2H3,(H,24,26)/t16-/m0/s1. The molecule has 1 heterocycles. The number of hydrogen-bond acceptors (Lipinski definition) is 3. The minimum Gasteiger partial charge on any atom is -0.345 e. The number of carbonyl (C=O) groups is 1. The lowest BCUT2D eigenvalue weighted by Crippen LogP contribution is -2.35. The smallest absolute Gasteiger partial charge is 0.253 e. The molecule has 5 nitrogen and oxygen atoms in total. The van der Waals surface area contributed by atoms with Crippen LogP contribution in [-0.2, 0) is 16.4 Å². The van der Waals surface area contributed by atoms with Gasteiger partial charge < -0.3 is 5.32 Å². The number of amides is 1. The zero-order chi connectivity index (χ0) is 21.0. The summed E-state index contributed by atoms with van der Waals surface area (Å²) >= 11 is 6.23. The van der Waals surface area contributed by atoms with Gasteiger partial charge in [-0.2, -0.15) is 4.31 Å². The monoisotopic (exact) mass is 434 g/mol. The minimum atomic E-state index is -3.63. The first-order chi connectivity index (χ1) is 13.8. The van der Waals surface area contributed by atoms with Crippen LogP contribution in [0.2, 0.25) is 5.02 Å². The molecule has 1 saturated heterocycles. The molecule has 0 aliphatic carbocycles. The fourth-order valence-electron chi connectivity index (χ4n) is 3.49. The second-order valence-electron chi connectivity index (χ2n) is 7.40. The van der Waals surface area contributed by atoms with Gasteiger partial charge in [-0.3, -0.25) is 4.79 Å². The normalized spacial score (nSPS) is 16.4. The van der Waals surface area contributed by atoms with Gasteiger partial charge in [-0.1, -0.05) is 49.2 Å². The molecule has 1 N–H and O–H groups in total. The van der Waals surface area contributed by atoms with Gasteiger partial charge in [0.05, 0.1) is 21.5 Å². The van der Waals surface area contributed by atoms with Gasteiger partial charge in [0.2, 0.25) is 10.0 Å². The average molecular weight is 435 g/mol. The molecule has 2 aromatic carbocycles. The van der Waals surface area contributed by atoms with E-state index >= 15 is 0 Å². The molecule has 1 fully saturated rings. The molecule has 1 aliphatic heterocycles. The van der Waals surface area contributed by atoms with Gasteiger partial charge in [0.1, 0.15) is 0 Å². The van der Waals surface area contributed by atoms with E-state index < -0.39 is 15.9 Å². The lowest BCUT2D eigenvalue weighted by atomic mass is 10.0. The molecule has 0 saturated carbocycles. The van der Waals surface area contributed by atoms with Crippen molar-refractivity contribution in [1.82, 2.24) is 9.62 Å². The van der Waals surface area contributed by atoms with Gasteiger partial charge in [0.25, 0.3) is 5.91 Å². The molecule has 1 amide bonds. The lowest BCUT2D eigenvalue weighted by Gasteiger charge is -2.26. The molecule has 0 radical (unpaired) electrons. The van der Waals surface area contributed by atoms with Crippen molar-refractivity contribution < 1.29 is 13.2 Å². The number of piperidine rings is 1. The Balaban J connectivity index is 1.80. The zero-order valence-electron chi connectivity index (χ0n) is 16.8. The predicted molar refractivity (Wildman–Crippen MR) is 116 cm³/mol. The number of aryl methyl sites for hydroxylation is 1. The van der Waals surface area contributed by atoms with Gasteiger partial charge in [-0.25, -0.2) is 8.42 Å². The topological polar surface area (TPSA) is 66.5 Å². The van der Waals surface area contributed by atoms with Gasteiger partial charge in [-0.05, 0) is 55.5 Å². The molecule has 0 aromatic heterocycles. The van der Waals surface area contributed by atoms with Crippen LogP contribution in [0.25, 0.3) is 0 Å². The number of nitrogens with zero attached hydrogens (tertiary/aromatic N) is 1. The Hall–Kier alpha value is -1.89. The summed E-state index contributed by atoms with van der Waals surface area (Å²) in [6, 6.07) is 12.2. The number of benzene rings is 2. The van der Waals surface area contributed by atoms with Crippen molar-refractivity contribution in [3.05, 3.63) is 64.2 Å². The highest BCUT2D eigenvalue weighted by Gasteiger charge is 2.27. The summed E-state index contributed by atoms with van der Waals surface area (Å²) in [6.07, 6.45) is 3.70. The molecule has 7 heteroatoms. The Bertz CT molecular complexity index is 968. The number of nitrogens with one attached hydrogen (secondary N) is 1. The van der Waals surface area contributed by atoms with Crippen LogP contribution in [0.15, 0.2) is 47.4 Å². The summed E-state index contributed by atoms with van der Waals surface area (Å²) < 4.78 is 27.3. The zero-order valence-corrected chi connectivity index (χ0v) is 18.4. The van der Waals surface area contributed by atoms with Crippen LogP contribution < -0.4 is 5.32 Å². The Morgan fingerprint density at radius 3 is 2.38 bits per heavy atom. The lowest BCUT2D eigenvalue weighted by molar-refractivity contribution is 0.0940. The molecule has 1 aliphatic rings. The molecule has 2 aromatic rings. The van der Waals surface area contributed by atoms with E-state index in [9.17, 15) is 13.2 Å². The van der Waals surface area contributed by atoms with Crippen molar-refractivity contribution in [2.45, 2.75) is 50.5 Å². The molecular weight excluding hydrogens is 408 g/mol. The first kappa shape index (κ1) is 21.8. The Labute approximate surface area is 178 Å². The number of sulfonamides is 1. The minimum absolute atomic E-state index is 0.105. The first-order valence-corrected chi connectivity index (χ1v) is 11.8. The van der Waals surface area contributed by atoms with Crippen LogP contribution in [0.5, 0.6) is 0 Å². The highest BCUT2D eigenvalue weighted by atomic mass is 35.5. The van der Waals surface area contributed by atoms with E-state index in [0.717, 1.165) is 31.2 Å². The molecule has 0 bridgehead atoms. The molecule has 29 heavy (non-hydrogen) atoms. The molecule has 0 spiro atoms. The summed E-state index contributed by atoms with van der Waals surface area (Å²) in [6.45, 7) is 5.00. The fourth-order valence-corrected chi connectivity index (χ4v) is 5.24. The quantitative estimate of drug-likeness (QED) is 0.724. The largest absolute Gasteiger partial charge is 0.345 e. The van der Waals surface area contributed by atoms with E-state index in [-0.39, 0.29) is 21.5 Å². The van der Waals surface area contributed by atoms with Crippen molar-refractivity contribution >= 4 is 27.5 Å². The second kappa shape index (κ2) is 9.28. The maximum Gasteiger partial charge on any atom is 0.253 e. The predicted octanol–water partition coefficient (Wildman–Crippen LogP) is 4.57. The number of rotatable bonds is 6. The van der Waals surface area contributed by atoms with E-state index in [4.69, 9.17) is 11.6 Å². The Kier molecular flexibility index (Phi) is 6.98. The third-order valence-electron chi connectivity index (χ3n) is 5.37. The van der Waals surface area contributed by atoms with Crippen molar-refractivity contribution in [2.75, 3.05) is 13.1 Å². The summed E-state index contributed by atoms with van der Waals surface area (Å²) in [5.74, 6) is -0.391. The second-order valence-corrected chi connectivity index (χ2v) is 9.74. The maximum absolute atomic E-state index is 12.9. The number of hydrogen-bond donors (Lipinski definition) is 1. The first-order valence-electron chi connectivity index (χ1n) is 10.0. The third kappa shape index (κ3) is 5.00. The van der Waals surface area contributed by atoms with Crippen LogP contribution in [0.1, 0.15) is 60.6 Å². The summed E-state index contributed by atoms with van der Waals surface area (Å²) in [4.78, 5) is 12.9. The summed E-state index contributed by atoms with van der Waals surface area (Å²) in [5, 5.41) is 3.15. The summed E-state index contributed by atoms with van der Waals surface area (Å²) in [7, 11) is -3.63. The van der Waals surface area contributed by atoms with Crippen LogP contribution in [0.3, 0.4) is 0 Å². The van der Waals surface area contributed by atoms with E-state index in [2.05, 4.69) is 12.2 Å². The Morgan fingerprint density at radius 1 is 1.10 bits per heavy atom. The van der Waals surface area contributed by atoms with Gasteiger partial charge >= 0.3 is 0 Å². The van der Waals surface area contributed by atoms with Crippen LogP contribution in [0, 0.1) is 0 Å². The van der Waals surface area contributed by atoms with E-state index in [0.29, 0.717) is 13.1 Å². The average Bonchev–Trinajstić information content (AvgIpc) is 2.74. The highest BCUT2D eigenvalue weighted by Crippen LogP contribution is 2.26. The SMILES string of the molecule is CCc1ccc([C@H](C)NC(=O)c2cc(S(=O)(=O)N3CCCCC3)ccc2Cl)cc1. The van der Waals surface area contributed by atoms with Crippen molar-refractivity contribution in [3.8, 4) is 0 Å². The van der Waals surface area contributed by atoms with Gasteiger partial charge in [0, 0.05) is 13.1 Å². The number of carbonyl (C=O) groups excluding carboxylic acids is 1. The third-order valence-corrected chi connectivity index (χ3v) is 7.60. The van der Waals surface area contributed by atoms with Crippen molar-refractivity contribution in [2.24, 2.45) is 0 Å². The molecule has 3 rings (SSSR count). The molecule has 156 valence electrons. The Morgan fingerprint density at radius 2 is 1.76 bits per heavy atom. The molecular formula is C22H27ClN2O3S. The van der Waals surface area contributed by atoms with Crippen molar-refractivity contribution in [1.29, 1.82) is 0 Å². The molecule has 1 atom stereocenters. The van der Waals surface area contributed by atoms with E-state index in [1.54, 1.807) is 0 Å². The van der Waals surface area contributed by atoms with E-state index in [1.807, 2.05) is 31.2 Å². The van der Waals surface area contributed by atoms with Crippen LogP contribution >= 0.6 is 11.6 Å². The van der Waals surface area contributed by atoms with Crippen LogP contribution in [-0.4, -0.2) is 31.7 Å². The number of halogens is 1. The maximum atomic E-state index is 12.9. The summed E-state index contributed by atoms with van der Waals surface area (Å²) in [5.41, 5.74) is 2.37. The van der Waals surface area contributed by atoms with Crippen molar-refractivity contribution in [3.63, 3.8) is 0 Å². The van der Waals surface area contributed by atoms with Gasteiger partial charge in [0.15, 0.2) is 0 Å².